The summed E-state index contributed by atoms with van der Waals surface area (Å²) in [5.41, 5.74) is 10.7. The summed E-state index contributed by atoms with van der Waals surface area (Å²) in [6.45, 7) is 0. The summed E-state index contributed by atoms with van der Waals surface area (Å²) in [5, 5.41) is 38.7. The molecule has 0 saturated carbocycles. The fraction of sp³-hybridized carbons (Fsp3) is 0. The van der Waals surface area contributed by atoms with Crippen LogP contribution < -0.4 is 0 Å². The number of nitrogens with zero attached hydrogens (tertiary/aromatic N) is 2. The molecule has 0 unspecified atom stereocenters. The molecule has 9 rings (SSSR count). The van der Waals surface area contributed by atoms with Crippen LogP contribution in [0.3, 0.4) is 0 Å². The van der Waals surface area contributed by atoms with Crippen molar-refractivity contribution in [2.24, 2.45) is 0 Å². The Hall–Kier alpha value is -7.00. The van der Waals surface area contributed by atoms with Gasteiger partial charge in [0.25, 0.3) is 0 Å². The summed E-state index contributed by atoms with van der Waals surface area (Å²) < 4.78 is 0. The normalized spacial score (nSPS) is 11.5. The molecule has 2 aliphatic heterocycles. The van der Waals surface area contributed by atoms with Crippen LogP contribution >= 0.6 is 0 Å². The fourth-order valence-corrected chi connectivity index (χ4v) is 7.54. The van der Waals surface area contributed by atoms with Gasteiger partial charge in [0, 0.05) is 95.7 Å². The van der Waals surface area contributed by atoms with Crippen molar-refractivity contribution >= 4 is 122 Å². The predicted molar refractivity (Wildman–Crippen MR) is 234 cm³/mol. The minimum atomic E-state index is -1.06. The van der Waals surface area contributed by atoms with Gasteiger partial charge in [0.2, 0.25) is 0 Å². The van der Waals surface area contributed by atoms with Crippen LogP contribution in [0.5, 0.6) is 0 Å². The van der Waals surface area contributed by atoms with Crippen LogP contribution in [0.15, 0.2) is 121 Å². The Kier molecular flexibility index (Phi) is 11.1. The summed E-state index contributed by atoms with van der Waals surface area (Å²) in [4.78, 5) is 64.8. The summed E-state index contributed by atoms with van der Waals surface area (Å²) in [6, 6.07) is 33.6. The first-order chi connectivity index (χ1) is 29.0. The van der Waals surface area contributed by atoms with Gasteiger partial charge < -0.3 is 30.4 Å². The summed E-state index contributed by atoms with van der Waals surface area (Å²) in [7, 11) is 0. The largest absolute Gasteiger partial charge is 0.478 e. The van der Waals surface area contributed by atoms with E-state index in [1.54, 1.807) is 48.5 Å². The average molecular weight is 830 g/mol. The second-order valence-corrected chi connectivity index (χ2v) is 14.0. The van der Waals surface area contributed by atoms with E-state index in [1.807, 2.05) is 48.6 Å². The molecule has 61 heavy (non-hydrogen) atoms. The van der Waals surface area contributed by atoms with Crippen LogP contribution in [0.2, 0.25) is 0 Å². The molecule has 12 nitrogen and oxygen atoms in total. The first-order valence-corrected chi connectivity index (χ1v) is 18.5. The zero-order chi connectivity index (χ0) is 41.7. The van der Waals surface area contributed by atoms with Crippen molar-refractivity contribution < 1.29 is 39.6 Å². The van der Waals surface area contributed by atoms with Gasteiger partial charge in [-0.15, -0.1) is 0 Å². The standard InChI is InChI=1S/C48H30N4O8.K/c53-45(54)29-9-1-25(2-10-29)41-33-17-19-35(49-33)42(26-3-11-30(12-4-26)46(55)56)37-21-23-39(51-37)44(28-7-15-32(16-8-28)48(59)60)40-24-22-38(52-40)43(36-20-18-34(41)50-36)27-5-13-31(14-6-27)47(57)58;/h1-24,49,52H,(H,53,54)(H,55,56)(H,57,58)(H,59,60);. The van der Waals surface area contributed by atoms with Gasteiger partial charge in [-0.2, -0.15) is 0 Å². The van der Waals surface area contributed by atoms with Crippen molar-refractivity contribution in [2.45, 2.75) is 0 Å². The molecule has 1 radical (unpaired) electrons. The van der Waals surface area contributed by atoms with Crippen molar-refractivity contribution in [2.75, 3.05) is 0 Å². The van der Waals surface area contributed by atoms with Crippen LogP contribution in [0.25, 0.3) is 90.9 Å². The fourth-order valence-electron chi connectivity index (χ4n) is 7.54. The number of H-pyrrole nitrogens is 2. The van der Waals surface area contributed by atoms with E-state index in [0.29, 0.717) is 89.4 Å². The molecule has 5 heterocycles. The number of carboxylic acids is 4. The predicted octanol–water partition coefficient (Wildman–Crippen LogP) is 9.74. The summed E-state index contributed by atoms with van der Waals surface area (Å²) >= 11 is 0. The van der Waals surface area contributed by atoms with Gasteiger partial charge in [0.05, 0.1) is 45.0 Å². The summed E-state index contributed by atoms with van der Waals surface area (Å²) in [5.74, 6) is -4.25. The third-order valence-corrected chi connectivity index (χ3v) is 10.4. The number of aromatic carboxylic acids is 4. The minimum absolute atomic E-state index is 0. The number of hydrogen-bond acceptors (Lipinski definition) is 6. The van der Waals surface area contributed by atoms with E-state index in [1.165, 1.54) is 48.5 Å². The second kappa shape index (κ2) is 16.6. The average Bonchev–Trinajstić information content (AvgIpc) is 4.10. The SMILES string of the molecule is O=C(O)c1ccc(-c2c3nc(c(-c4ccc(C(=O)O)cc4)c4ccc([nH]4)c(-c4ccc(C(=O)O)cc4)c4nc(c(-c5ccc(C(=O)O)cc5)c5ccc2[nH]5)C=C4)C=C3)cc1.[K]. The Bertz CT molecular complexity index is 2760. The molecule has 4 aromatic carbocycles. The number of benzene rings is 4. The third kappa shape index (κ3) is 7.79. The van der Waals surface area contributed by atoms with E-state index in [2.05, 4.69) is 9.97 Å². The van der Waals surface area contributed by atoms with Crippen molar-refractivity contribution in [1.82, 2.24) is 19.9 Å². The van der Waals surface area contributed by atoms with Crippen molar-refractivity contribution in [3.63, 3.8) is 0 Å². The number of nitrogens with one attached hydrogen (secondary N) is 2. The van der Waals surface area contributed by atoms with E-state index in [9.17, 15) is 39.6 Å². The molecule has 7 aromatic rings. The molecular formula is C48H30KN4O8. The molecule has 3 aromatic heterocycles. The topological polar surface area (TPSA) is 207 Å². The van der Waals surface area contributed by atoms with Crippen molar-refractivity contribution in [3.05, 3.63) is 166 Å². The van der Waals surface area contributed by atoms with E-state index in [-0.39, 0.29) is 73.6 Å². The number of hydrogen-bond donors (Lipinski definition) is 6. The van der Waals surface area contributed by atoms with E-state index < -0.39 is 23.9 Å². The van der Waals surface area contributed by atoms with Crippen LogP contribution in [0, 0.1) is 0 Å². The molecule has 0 fully saturated rings. The Morgan fingerprint density at radius 1 is 0.328 bits per heavy atom. The van der Waals surface area contributed by atoms with Gasteiger partial charge in [-0.3, -0.25) is 0 Å². The minimum Gasteiger partial charge on any atom is -0.478 e. The maximum absolute atomic E-state index is 11.8. The Balaban J connectivity index is 0.00000514. The zero-order valence-corrected chi connectivity index (χ0v) is 35.3. The number of carbonyl (C=O) groups is 4. The van der Waals surface area contributed by atoms with Crippen LogP contribution in [0.1, 0.15) is 64.2 Å². The quantitative estimate of drug-likeness (QED) is 0.0799. The summed E-state index contributed by atoms with van der Waals surface area (Å²) in [6.07, 6.45) is 7.47. The number of aromatic nitrogens is 4. The van der Waals surface area contributed by atoms with Crippen molar-refractivity contribution in [3.8, 4) is 44.5 Å². The molecule has 13 heteroatoms. The molecule has 8 bridgehead atoms. The maximum atomic E-state index is 11.8. The van der Waals surface area contributed by atoms with E-state index in [0.717, 1.165) is 0 Å². The van der Waals surface area contributed by atoms with E-state index in [4.69, 9.17) is 9.97 Å². The first kappa shape index (κ1) is 40.8. The van der Waals surface area contributed by atoms with Crippen LogP contribution in [0.4, 0.5) is 0 Å². The molecule has 291 valence electrons. The Morgan fingerprint density at radius 3 is 0.705 bits per heavy atom. The van der Waals surface area contributed by atoms with Gasteiger partial charge in [-0.25, -0.2) is 29.1 Å². The van der Waals surface area contributed by atoms with Gasteiger partial charge >= 0.3 is 23.9 Å². The molecule has 0 aliphatic carbocycles. The maximum Gasteiger partial charge on any atom is 0.335 e. The molecule has 2 aliphatic rings. The Labute approximate surface area is 388 Å². The zero-order valence-electron chi connectivity index (χ0n) is 32.2. The number of aromatic amines is 2. The smallest absolute Gasteiger partial charge is 0.335 e. The number of carboxylic acid groups (broad SMARTS) is 4. The number of fused-ring (bicyclic) bond motifs is 8. The van der Waals surface area contributed by atoms with Crippen LogP contribution in [-0.2, 0) is 0 Å². The van der Waals surface area contributed by atoms with Gasteiger partial charge in [-0.1, -0.05) is 48.5 Å². The van der Waals surface area contributed by atoms with Crippen LogP contribution in [-0.4, -0.2) is 116 Å². The van der Waals surface area contributed by atoms with Gasteiger partial charge in [-0.05, 0) is 119 Å². The van der Waals surface area contributed by atoms with Gasteiger partial charge in [0.1, 0.15) is 0 Å². The molecule has 0 spiro atoms. The Morgan fingerprint density at radius 2 is 0.525 bits per heavy atom. The monoisotopic (exact) mass is 829 g/mol. The molecular weight excluding hydrogens is 800 g/mol. The number of rotatable bonds is 8. The molecule has 0 amide bonds. The molecule has 0 saturated heterocycles. The van der Waals surface area contributed by atoms with Crippen molar-refractivity contribution in [1.29, 1.82) is 0 Å². The first-order valence-electron chi connectivity index (χ1n) is 18.5. The third-order valence-electron chi connectivity index (χ3n) is 10.4. The molecule has 6 N–H and O–H groups in total. The van der Waals surface area contributed by atoms with Gasteiger partial charge in [0.15, 0.2) is 0 Å². The second-order valence-electron chi connectivity index (χ2n) is 14.0. The molecule has 0 atom stereocenters. The van der Waals surface area contributed by atoms with E-state index >= 15 is 0 Å².